The molecular formula is C17H18F2N2O3S2. The van der Waals surface area contributed by atoms with Crippen LogP contribution in [0.3, 0.4) is 0 Å². The smallest absolute Gasteiger partial charge is 0.252 e. The number of amides is 1. The van der Waals surface area contributed by atoms with E-state index in [2.05, 4.69) is 5.32 Å². The predicted molar refractivity (Wildman–Crippen MR) is 95.5 cm³/mol. The molecule has 0 spiro atoms. The lowest BCUT2D eigenvalue weighted by Gasteiger charge is -2.34. The first kappa shape index (κ1) is 18.9. The first-order valence-corrected chi connectivity index (χ1v) is 10.5. The van der Waals surface area contributed by atoms with Gasteiger partial charge in [0, 0.05) is 25.1 Å². The van der Waals surface area contributed by atoms with Gasteiger partial charge in [0.1, 0.15) is 15.8 Å². The Kier molecular flexibility index (Phi) is 5.69. The van der Waals surface area contributed by atoms with Crippen LogP contribution in [0, 0.1) is 11.6 Å². The number of sulfonamides is 1. The molecule has 1 aromatic heterocycles. The Morgan fingerprint density at radius 3 is 2.77 bits per heavy atom. The Bertz CT molecular complexity index is 885. The average Bonchev–Trinajstić information content (AvgIpc) is 3.13. The van der Waals surface area contributed by atoms with Gasteiger partial charge < -0.3 is 5.32 Å². The van der Waals surface area contributed by atoms with Crippen LogP contribution in [0.4, 0.5) is 14.5 Å². The average molecular weight is 400 g/mol. The first-order valence-electron chi connectivity index (χ1n) is 8.18. The third-order valence-electron chi connectivity index (χ3n) is 4.26. The van der Waals surface area contributed by atoms with Crippen LogP contribution in [-0.2, 0) is 14.8 Å². The van der Waals surface area contributed by atoms with Crippen molar-refractivity contribution in [2.75, 3.05) is 11.9 Å². The Hall–Kier alpha value is -1.84. The SMILES string of the molecule is O=C(CC1CCCCN1S(=O)(=O)c1cccs1)Nc1ccc(F)cc1F. The molecule has 2 heterocycles. The van der Waals surface area contributed by atoms with Gasteiger partial charge in [0.05, 0.1) is 5.69 Å². The van der Waals surface area contributed by atoms with E-state index < -0.39 is 33.6 Å². The third kappa shape index (κ3) is 4.11. The Morgan fingerprint density at radius 2 is 2.08 bits per heavy atom. The minimum Gasteiger partial charge on any atom is -0.324 e. The molecule has 5 nitrogen and oxygen atoms in total. The standard InChI is InChI=1S/C17H18F2N2O3S2/c18-12-6-7-15(14(19)10-12)20-16(22)11-13-4-1-2-8-21(13)26(23,24)17-5-3-9-25-17/h3,5-7,9-10,13H,1-2,4,8,11H2,(H,20,22). The number of rotatable bonds is 5. The lowest BCUT2D eigenvalue weighted by atomic mass is 10.0. The molecule has 9 heteroatoms. The molecule has 140 valence electrons. The molecule has 1 amide bonds. The summed E-state index contributed by atoms with van der Waals surface area (Å²) in [5.74, 6) is -2.11. The van der Waals surface area contributed by atoms with Crippen molar-refractivity contribution in [1.82, 2.24) is 4.31 Å². The van der Waals surface area contributed by atoms with Gasteiger partial charge in [-0.15, -0.1) is 11.3 Å². The Morgan fingerprint density at radius 1 is 1.27 bits per heavy atom. The summed E-state index contributed by atoms with van der Waals surface area (Å²) in [6.45, 7) is 0.350. The lowest BCUT2D eigenvalue weighted by Crippen LogP contribution is -2.45. The van der Waals surface area contributed by atoms with Crippen molar-refractivity contribution < 1.29 is 22.0 Å². The quantitative estimate of drug-likeness (QED) is 0.834. The van der Waals surface area contributed by atoms with E-state index in [9.17, 15) is 22.0 Å². The molecule has 1 aliphatic rings. The summed E-state index contributed by atoms with van der Waals surface area (Å²) >= 11 is 1.14. The summed E-state index contributed by atoms with van der Waals surface area (Å²) in [6.07, 6.45) is 2.03. The van der Waals surface area contributed by atoms with Crippen molar-refractivity contribution in [1.29, 1.82) is 0 Å². The van der Waals surface area contributed by atoms with Crippen molar-refractivity contribution in [2.45, 2.75) is 35.9 Å². The van der Waals surface area contributed by atoms with Crippen molar-refractivity contribution >= 4 is 33.0 Å². The van der Waals surface area contributed by atoms with E-state index in [-0.39, 0.29) is 16.3 Å². The van der Waals surface area contributed by atoms with Gasteiger partial charge in [0.25, 0.3) is 10.0 Å². The summed E-state index contributed by atoms with van der Waals surface area (Å²) < 4.78 is 53.8. The van der Waals surface area contributed by atoms with Gasteiger partial charge in [-0.25, -0.2) is 17.2 Å². The molecule has 1 unspecified atom stereocenters. The molecule has 0 saturated carbocycles. The molecule has 0 aliphatic carbocycles. The Balaban J connectivity index is 1.73. The van der Waals surface area contributed by atoms with Crippen LogP contribution >= 0.6 is 11.3 Å². The molecule has 1 aliphatic heterocycles. The van der Waals surface area contributed by atoms with Crippen molar-refractivity contribution in [3.8, 4) is 0 Å². The molecule has 1 saturated heterocycles. The van der Waals surface area contributed by atoms with E-state index in [1.54, 1.807) is 17.5 Å². The fraction of sp³-hybridized carbons (Fsp3) is 0.353. The van der Waals surface area contributed by atoms with Crippen LogP contribution in [0.5, 0.6) is 0 Å². The van der Waals surface area contributed by atoms with E-state index in [1.165, 1.54) is 4.31 Å². The Labute approximate surface area is 154 Å². The topological polar surface area (TPSA) is 66.5 Å². The second-order valence-electron chi connectivity index (χ2n) is 6.07. The molecule has 2 aromatic rings. The maximum atomic E-state index is 13.7. The van der Waals surface area contributed by atoms with E-state index >= 15 is 0 Å². The van der Waals surface area contributed by atoms with Crippen LogP contribution in [0.25, 0.3) is 0 Å². The summed E-state index contributed by atoms with van der Waals surface area (Å²) in [5.41, 5.74) is -0.125. The van der Waals surface area contributed by atoms with Crippen molar-refractivity contribution in [3.05, 3.63) is 47.3 Å². The second kappa shape index (κ2) is 7.81. The molecule has 1 aromatic carbocycles. The number of hydrogen-bond donors (Lipinski definition) is 1. The lowest BCUT2D eigenvalue weighted by molar-refractivity contribution is -0.117. The van der Waals surface area contributed by atoms with Crippen LogP contribution in [0.1, 0.15) is 25.7 Å². The second-order valence-corrected chi connectivity index (χ2v) is 9.14. The number of anilines is 1. The molecule has 26 heavy (non-hydrogen) atoms. The van der Waals surface area contributed by atoms with Crippen LogP contribution in [-0.4, -0.2) is 31.2 Å². The van der Waals surface area contributed by atoms with Gasteiger partial charge in [-0.2, -0.15) is 4.31 Å². The maximum absolute atomic E-state index is 13.7. The van der Waals surface area contributed by atoms with E-state index in [0.29, 0.717) is 19.0 Å². The summed E-state index contributed by atoms with van der Waals surface area (Å²) in [4.78, 5) is 12.3. The summed E-state index contributed by atoms with van der Waals surface area (Å²) in [7, 11) is -3.65. The normalized spacial score (nSPS) is 18.6. The molecule has 1 N–H and O–H groups in total. The fourth-order valence-electron chi connectivity index (χ4n) is 3.03. The number of benzene rings is 1. The van der Waals surface area contributed by atoms with Gasteiger partial charge >= 0.3 is 0 Å². The number of thiophene rings is 1. The third-order valence-corrected chi connectivity index (χ3v) is 7.58. The zero-order valence-electron chi connectivity index (χ0n) is 13.8. The highest BCUT2D eigenvalue weighted by Crippen LogP contribution is 2.29. The highest BCUT2D eigenvalue weighted by Gasteiger charge is 2.35. The minimum atomic E-state index is -3.65. The van der Waals surface area contributed by atoms with Gasteiger partial charge in [0.15, 0.2) is 0 Å². The number of nitrogens with zero attached hydrogens (tertiary/aromatic N) is 1. The van der Waals surface area contributed by atoms with Gasteiger partial charge in [0.2, 0.25) is 5.91 Å². The van der Waals surface area contributed by atoms with Crippen LogP contribution in [0.2, 0.25) is 0 Å². The number of nitrogens with one attached hydrogen (secondary N) is 1. The van der Waals surface area contributed by atoms with Gasteiger partial charge in [-0.3, -0.25) is 4.79 Å². The highest BCUT2D eigenvalue weighted by molar-refractivity contribution is 7.91. The minimum absolute atomic E-state index is 0.0819. The maximum Gasteiger partial charge on any atom is 0.252 e. The fourth-order valence-corrected chi connectivity index (χ4v) is 5.84. The molecular weight excluding hydrogens is 382 g/mol. The summed E-state index contributed by atoms with van der Waals surface area (Å²) in [5, 5.41) is 4.08. The molecule has 1 atom stereocenters. The van der Waals surface area contributed by atoms with Crippen molar-refractivity contribution in [3.63, 3.8) is 0 Å². The number of piperidine rings is 1. The van der Waals surface area contributed by atoms with Gasteiger partial charge in [-0.05, 0) is 36.4 Å². The van der Waals surface area contributed by atoms with Crippen LogP contribution < -0.4 is 5.32 Å². The molecule has 0 radical (unpaired) electrons. The molecule has 0 bridgehead atoms. The number of halogens is 2. The van der Waals surface area contributed by atoms with Gasteiger partial charge in [-0.1, -0.05) is 12.5 Å². The largest absolute Gasteiger partial charge is 0.324 e. The molecule has 3 rings (SSSR count). The molecule has 1 fully saturated rings. The van der Waals surface area contributed by atoms with E-state index in [4.69, 9.17) is 0 Å². The summed E-state index contributed by atoms with van der Waals surface area (Å²) in [6, 6.07) is 5.60. The van der Waals surface area contributed by atoms with E-state index in [0.717, 1.165) is 36.3 Å². The number of hydrogen-bond acceptors (Lipinski definition) is 4. The zero-order valence-corrected chi connectivity index (χ0v) is 15.5. The highest BCUT2D eigenvalue weighted by atomic mass is 32.2. The predicted octanol–water partition coefficient (Wildman–Crippen LogP) is 3.60. The first-order chi connectivity index (χ1) is 12.4. The number of carbonyl (C=O) groups is 1. The van der Waals surface area contributed by atoms with Crippen molar-refractivity contribution in [2.24, 2.45) is 0 Å². The van der Waals surface area contributed by atoms with Crippen LogP contribution in [0.15, 0.2) is 39.9 Å². The van der Waals surface area contributed by atoms with E-state index in [1.807, 2.05) is 0 Å². The monoisotopic (exact) mass is 400 g/mol. The zero-order chi connectivity index (χ0) is 18.7. The number of carbonyl (C=O) groups excluding carboxylic acids is 1.